The predicted molar refractivity (Wildman–Crippen MR) is 72.7 cm³/mol. The van der Waals surface area contributed by atoms with Crippen molar-refractivity contribution in [2.75, 3.05) is 13.1 Å². The number of pyridine rings is 1. The van der Waals surface area contributed by atoms with Gasteiger partial charge in [0.15, 0.2) is 0 Å². The first-order chi connectivity index (χ1) is 9.74. The molecule has 0 aliphatic rings. The molecule has 0 unspecified atom stereocenters. The molecule has 2 aromatic heterocycles. The van der Waals surface area contributed by atoms with Gasteiger partial charge in [-0.15, -0.1) is 10.2 Å². The lowest BCUT2D eigenvalue weighted by molar-refractivity contribution is 0.201. The average Bonchev–Trinajstić information content (AvgIpc) is 2.96. The topological polar surface area (TPSA) is 84.2 Å². The van der Waals surface area contributed by atoms with Crippen molar-refractivity contribution in [2.24, 2.45) is 0 Å². The Morgan fingerprint density at radius 1 is 1.25 bits per heavy atom. The fraction of sp³-hybridized carbons (Fsp3) is 0.385. The maximum atomic E-state index is 11.8. The summed E-state index contributed by atoms with van der Waals surface area (Å²) in [5.41, 5.74) is 0.800. The Hall–Kier alpha value is -2.44. The number of nitrogens with zero attached hydrogens (tertiary/aromatic N) is 4. The van der Waals surface area contributed by atoms with E-state index in [1.807, 2.05) is 13.8 Å². The van der Waals surface area contributed by atoms with Crippen molar-refractivity contribution < 1.29 is 9.21 Å². The zero-order valence-corrected chi connectivity index (χ0v) is 11.5. The first-order valence-corrected chi connectivity index (χ1v) is 6.50. The van der Waals surface area contributed by atoms with Crippen LogP contribution < -0.4 is 5.32 Å². The SMILES string of the molecule is CCN(CC)C(=O)NCc1nnc(-c2ccncc2)o1. The standard InChI is InChI=1S/C13H17N5O2/c1-3-18(4-2)13(19)15-9-11-16-17-12(20-11)10-5-7-14-8-6-10/h5-8H,3-4,9H2,1-2H3,(H,15,19). The van der Waals surface area contributed by atoms with Crippen LogP contribution in [0.3, 0.4) is 0 Å². The predicted octanol–water partition coefficient (Wildman–Crippen LogP) is 1.68. The third-order valence-electron chi connectivity index (χ3n) is 2.84. The van der Waals surface area contributed by atoms with Crippen molar-refractivity contribution in [3.63, 3.8) is 0 Å². The molecule has 2 rings (SSSR count). The van der Waals surface area contributed by atoms with Crippen LogP contribution in [0, 0.1) is 0 Å². The second-order valence-electron chi connectivity index (χ2n) is 4.07. The summed E-state index contributed by atoms with van der Waals surface area (Å²) in [6.45, 7) is 5.39. The van der Waals surface area contributed by atoms with Crippen LogP contribution in [-0.2, 0) is 6.54 Å². The second kappa shape index (κ2) is 6.65. The first kappa shape index (κ1) is 14.0. The minimum absolute atomic E-state index is 0.140. The Balaban J connectivity index is 1.95. The van der Waals surface area contributed by atoms with E-state index in [9.17, 15) is 4.79 Å². The maximum absolute atomic E-state index is 11.8. The van der Waals surface area contributed by atoms with Crippen LogP contribution in [-0.4, -0.2) is 39.2 Å². The zero-order valence-electron chi connectivity index (χ0n) is 11.5. The molecule has 7 nitrogen and oxygen atoms in total. The molecule has 0 saturated carbocycles. The van der Waals surface area contributed by atoms with Gasteiger partial charge in [0.05, 0.1) is 6.54 Å². The van der Waals surface area contributed by atoms with Gasteiger partial charge in [0.2, 0.25) is 11.8 Å². The van der Waals surface area contributed by atoms with E-state index in [0.717, 1.165) is 5.56 Å². The number of hydrogen-bond donors (Lipinski definition) is 1. The van der Waals surface area contributed by atoms with Gasteiger partial charge in [0.1, 0.15) is 0 Å². The number of aromatic nitrogens is 3. The van der Waals surface area contributed by atoms with Crippen LogP contribution in [0.25, 0.3) is 11.5 Å². The van der Waals surface area contributed by atoms with Gasteiger partial charge < -0.3 is 14.6 Å². The smallest absolute Gasteiger partial charge is 0.317 e. The quantitative estimate of drug-likeness (QED) is 0.897. The Morgan fingerprint density at radius 2 is 1.95 bits per heavy atom. The molecule has 0 fully saturated rings. The second-order valence-corrected chi connectivity index (χ2v) is 4.07. The monoisotopic (exact) mass is 275 g/mol. The molecule has 0 aliphatic heterocycles. The lowest BCUT2D eigenvalue weighted by atomic mass is 10.3. The molecule has 0 bridgehead atoms. The number of carbonyl (C=O) groups is 1. The van der Waals surface area contributed by atoms with Crippen molar-refractivity contribution in [2.45, 2.75) is 20.4 Å². The molecule has 2 aromatic rings. The van der Waals surface area contributed by atoms with Crippen LogP contribution in [0.2, 0.25) is 0 Å². The minimum atomic E-state index is -0.140. The van der Waals surface area contributed by atoms with Crippen LogP contribution in [0.4, 0.5) is 4.79 Å². The zero-order chi connectivity index (χ0) is 14.4. The third-order valence-corrected chi connectivity index (χ3v) is 2.84. The minimum Gasteiger partial charge on any atom is -0.419 e. The van der Waals surface area contributed by atoms with Crippen LogP contribution in [0.15, 0.2) is 28.9 Å². The molecule has 106 valence electrons. The summed E-state index contributed by atoms with van der Waals surface area (Å²) >= 11 is 0. The summed E-state index contributed by atoms with van der Waals surface area (Å²) in [7, 11) is 0. The van der Waals surface area contributed by atoms with Crippen molar-refractivity contribution in [1.29, 1.82) is 0 Å². The summed E-state index contributed by atoms with van der Waals surface area (Å²) < 4.78 is 5.48. The molecule has 2 heterocycles. The van der Waals surface area contributed by atoms with E-state index < -0.39 is 0 Å². The van der Waals surface area contributed by atoms with Crippen LogP contribution in [0.1, 0.15) is 19.7 Å². The Kier molecular flexibility index (Phi) is 4.65. The van der Waals surface area contributed by atoms with E-state index in [4.69, 9.17) is 4.42 Å². The van der Waals surface area contributed by atoms with Crippen LogP contribution >= 0.6 is 0 Å². The summed E-state index contributed by atoms with van der Waals surface area (Å²) in [6, 6.07) is 3.43. The fourth-order valence-corrected chi connectivity index (χ4v) is 1.71. The highest BCUT2D eigenvalue weighted by molar-refractivity contribution is 5.73. The molecule has 1 N–H and O–H groups in total. The molecule has 0 aliphatic carbocycles. The molecular formula is C13H17N5O2. The molecular weight excluding hydrogens is 258 g/mol. The summed E-state index contributed by atoms with van der Waals surface area (Å²) in [5.74, 6) is 0.789. The first-order valence-electron chi connectivity index (χ1n) is 6.50. The Morgan fingerprint density at radius 3 is 2.60 bits per heavy atom. The molecule has 0 saturated heterocycles. The van der Waals surface area contributed by atoms with Crippen LogP contribution in [0.5, 0.6) is 0 Å². The van der Waals surface area contributed by atoms with Gasteiger partial charge in [-0.25, -0.2) is 4.79 Å². The molecule has 20 heavy (non-hydrogen) atoms. The van der Waals surface area contributed by atoms with Gasteiger partial charge in [0.25, 0.3) is 0 Å². The van der Waals surface area contributed by atoms with E-state index in [2.05, 4.69) is 20.5 Å². The molecule has 2 amide bonds. The largest absolute Gasteiger partial charge is 0.419 e. The highest BCUT2D eigenvalue weighted by Crippen LogP contribution is 2.15. The number of amides is 2. The molecule has 0 aromatic carbocycles. The van der Waals surface area contributed by atoms with E-state index >= 15 is 0 Å². The lowest BCUT2D eigenvalue weighted by Gasteiger charge is -2.18. The van der Waals surface area contributed by atoms with E-state index in [1.165, 1.54) is 0 Å². The van der Waals surface area contributed by atoms with Crippen molar-refractivity contribution >= 4 is 6.03 Å². The van der Waals surface area contributed by atoms with Crippen molar-refractivity contribution in [1.82, 2.24) is 25.4 Å². The van der Waals surface area contributed by atoms with Crippen molar-refractivity contribution in [3.05, 3.63) is 30.4 Å². The van der Waals surface area contributed by atoms with Gasteiger partial charge in [-0.3, -0.25) is 4.98 Å². The Bertz CT molecular complexity index is 551. The van der Waals surface area contributed by atoms with Gasteiger partial charge in [0, 0.05) is 31.0 Å². The Labute approximate surface area is 117 Å². The van der Waals surface area contributed by atoms with Gasteiger partial charge in [-0.1, -0.05) is 0 Å². The molecule has 7 heteroatoms. The lowest BCUT2D eigenvalue weighted by Crippen LogP contribution is -2.39. The summed E-state index contributed by atoms with van der Waals surface area (Å²) in [5, 5.41) is 10.6. The average molecular weight is 275 g/mol. The van der Waals surface area contributed by atoms with Crippen molar-refractivity contribution in [3.8, 4) is 11.5 Å². The molecule has 0 spiro atoms. The van der Waals surface area contributed by atoms with Gasteiger partial charge in [-0.2, -0.15) is 0 Å². The maximum Gasteiger partial charge on any atom is 0.317 e. The number of carbonyl (C=O) groups excluding carboxylic acids is 1. The summed E-state index contributed by atoms with van der Waals surface area (Å²) in [6.07, 6.45) is 3.31. The van der Waals surface area contributed by atoms with Gasteiger partial charge >= 0.3 is 6.03 Å². The van der Waals surface area contributed by atoms with Gasteiger partial charge in [-0.05, 0) is 26.0 Å². The normalized spacial score (nSPS) is 10.3. The number of urea groups is 1. The highest BCUT2D eigenvalue weighted by Gasteiger charge is 2.12. The molecule has 0 atom stereocenters. The summed E-state index contributed by atoms with van der Waals surface area (Å²) in [4.78, 5) is 17.4. The van der Waals surface area contributed by atoms with E-state index in [1.54, 1.807) is 29.4 Å². The van der Waals surface area contributed by atoms with E-state index in [0.29, 0.717) is 24.9 Å². The number of nitrogens with one attached hydrogen (secondary N) is 1. The highest BCUT2D eigenvalue weighted by atomic mass is 16.4. The molecule has 0 radical (unpaired) electrons. The third kappa shape index (κ3) is 3.31. The fourth-order valence-electron chi connectivity index (χ4n) is 1.71. The van der Waals surface area contributed by atoms with E-state index in [-0.39, 0.29) is 12.6 Å². The number of hydrogen-bond acceptors (Lipinski definition) is 5. The number of rotatable bonds is 5.